The van der Waals surface area contributed by atoms with E-state index in [1.54, 1.807) is 4.57 Å². The predicted molar refractivity (Wildman–Crippen MR) is 70.9 cm³/mol. The standard InChI is InChI=1S/C14H20F3N3O/c1-9-11(4-5-21-9)18-6-10-2-3-13-19-12(14(15,16)17)8-20(13)7-10/h8-11,18H,2-7H2,1H3/t9-,10-,11+/m0/s1. The fourth-order valence-electron chi connectivity index (χ4n) is 3.14. The first-order chi connectivity index (χ1) is 9.93. The molecule has 21 heavy (non-hydrogen) atoms. The Hall–Kier alpha value is -1.08. The number of fused-ring (bicyclic) bond motifs is 1. The summed E-state index contributed by atoms with van der Waals surface area (Å²) in [6, 6.07) is 0.361. The maximum atomic E-state index is 12.7. The van der Waals surface area contributed by atoms with Crippen LogP contribution in [-0.4, -0.2) is 34.8 Å². The number of imidazole rings is 1. The van der Waals surface area contributed by atoms with Crippen molar-refractivity contribution in [1.82, 2.24) is 14.9 Å². The number of aryl methyl sites for hydroxylation is 1. The van der Waals surface area contributed by atoms with E-state index in [1.807, 2.05) is 0 Å². The van der Waals surface area contributed by atoms with E-state index >= 15 is 0 Å². The highest BCUT2D eigenvalue weighted by Gasteiger charge is 2.36. The molecule has 1 N–H and O–H groups in total. The molecule has 0 bridgehead atoms. The Kier molecular flexibility index (Phi) is 3.96. The summed E-state index contributed by atoms with van der Waals surface area (Å²) in [6.07, 6.45) is -0.503. The van der Waals surface area contributed by atoms with Crippen molar-refractivity contribution in [3.8, 4) is 0 Å². The Morgan fingerprint density at radius 1 is 1.43 bits per heavy atom. The fraction of sp³-hybridized carbons (Fsp3) is 0.786. The zero-order chi connectivity index (χ0) is 15.0. The average molecular weight is 303 g/mol. The third kappa shape index (κ3) is 3.23. The molecular formula is C14H20F3N3O. The highest BCUT2D eigenvalue weighted by molar-refractivity contribution is 5.10. The fourth-order valence-corrected chi connectivity index (χ4v) is 3.14. The van der Waals surface area contributed by atoms with Crippen LogP contribution in [0.5, 0.6) is 0 Å². The average Bonchev–Trinajstić information content (AvgIpc) is 3.01. The molecule has 1 fully saturated rings. The molecule has 3 atom stereocenters. The maximum absolute atomic E-state index is 12.7. The number of halogens is 3. The molecule has 0 amide bonds. The largest absolute Gasteiger partial charge is 0.434 e. The number of ether oxygens (including phenoxy) is 1. The summed E-state index contributed by atoms with van der Waals surface area (Å²) < 4.78 is 45.2. The lowest BCUT2D eigenvalue weighted by atomic mass is 9.98. The molecule has 0 aromatic carbocycles. The van der Waals surface area contributed by atoms with Gasteiger partial charge in [-0.1, -0.05) is 0 Å². The number of alkyl halides is 3. The lowest BCUT2D eigenvalue weighted by molar-refractivity contribution is -0.141. The van der Waals surface area contributed by atoms with E-state index in [-0.39, 0.29) is 6.10 Å². The minimum Gasteiger partial charge on any atom is -0.377 e. The molecular weight excluding hydrogens is 283 g/mol. The van der Waals surface area contributed by atoms with Gasteiger partial charge in [-0.3, -0.25) is 0 Å². The van der Waals surface area contributed by atoms with Crippen molar-refractivity contribution in [2.75, 3.05) is 13.2 Å². The van der Waals surface area contributed by atoms with E-state index in [0.29, 0.717) is 30.7 Å². The molecule has 1 aromatic rings. The molecule has 1 saturated heterocycles. The monoisotopic (exact) mass is 303 g/mol. The predicted octanol–water partition coefficient (Wildman–Crippen LogP) is 2.23. The Morgan fingerprint density at radius 3 is 2.90 bits per heavy atom. The van der Waals surface area contributed by atoms with Gasteiger partial charge < -0.3 is 14.6 Å². The first-order valence-electron chi connectivity index (χ1n) is 7.41. The van der Waals surface area contributed by atoms with E-state index in [0.717, 1.165) is 32.2 Å². The number of aromatic nitrogens is 2. The zero-order valence-corrected chi connectivity index (χ0v) is 12.0. The van der Waals surface area contributed by atoms with E-state index in [2.05, 4.69) is 17.2 Å². The van der Waals surface area contributed by atoms with Crippen molar-refractivity contribution in [2.45, 2.75) is 51.1 Å². The van der Waals surface area contributed by atoms with E-state index < -0.39 is 11.9 Å². The number of nitrogens with one attached hydrogen (secondary N) is 1. The Labute approximate surface area is 121 Å². The van der Waals surface area contributed by atoms with Gasteiger partial charge in [0.2, 0.25) is 0 Å². The van der Waals surface area contributed by atoms with Gasteiger partial charge in [-0.15, -0.1) is 0 Å². The van der Waals surface area contributed by atoms with E-state index in [9.17, 15) is 13.2 Å². The molecule has 118 valence electrons. The Bertz CT molecular complexity index is 500. The van der Waals surface area contributed by atoms with Gasteiger partial charge in [0.15, 0.2) is 5.69 Å². The van der Waals surface area contributed by atoms with Crippen molar-refractivity contribution in [3.63, 3.8) is 0 Å². The molecule has 1 aromatic heterocycles. The summed E-state index contributed by atoms with van der Waals surface area (Å²) >= 11 is 0. The van der Waals surface area contributed by atoms with Crippen LogP contribution < -0.4 is 5.32 Å². The first-order valence-corrected chi connectivity index (χ1v) is 7.41. The maximum Gasteiger partial charge on any atom is 0.434 e. The third-order valence-electron chi connectivity index (χ3n) is 4.43. The number of rotatable bonds is 3. The highest BCUT2D eigenvalue weighted by atomic mass is 19.4. The molecule has 0 radical (unpaired) electrons. The summed E-state index contributed by atoms with van der Waals surface area (Å²) in [5.74, 6) is 0.900. The summed E-state index contributed by atoms with van der Waals surface area (Å²) in [4.78, 5) is 3.70. The molecule has 0 saturated carbocycles. The number of hydrogen-bond acceptors (Lipinski definition) is 3. The van der Waals surface area contributed by atoms with Crippen LogP contribution in [-0.2, 0) is 23.9 Å². The molecule has 2 aliphatic rings. The van der Waals surface area contributed by atoms with Gasteiger partial charge in [0.05, 0.1) is 6.10 Å². The summed E-state index contributed by atoms with van der Waals surface area (Å²) in [5.41, 5.74) is -0.774. The van der Waals surface area contributed by atoms with Gasteiger partial charge in [0.1, 0.15) is 5.82 Å². The zero-order valence-electron chi connectivity index (χ0n) is 12.0. The van der Waals surface area contributed by atoms with Gasteiger partial charge in [-0.05, 0) is 25.7 Å². The summed E-state index contributed by atoms with van der Waals surface area (Å²) in [6.45, 7) is 4.25. The smallest absolute Gasteiger partial charge is 0.377 e. The molecule has 4 nitrogen and oxygen atoms in total. The van der Waals surface area contributed by atoms with Crippen molar-refractivity contribution < 1.29 is 17.9 Å². The first kappa shape index (κ1) is 14.8. The SMILES string of the molecule is C[C@@H]1OCC[C@H]1NC[C@@H]1CCc2nc(C(F)(F)F)cn2C1. The molecule has 7 heteroatoms. The Morgan fingerprint density at radius 2 is 2.24 bits per heavy atom. The second-order valence-corrected chi connectivity index (χ2v) is 5.98. The lowest BCUT2D eigenvalue weighted by Crippen LogP contribution is -2.39. The van der Waals surface area contributed by atoms with Crippen molar-refractivity contribution in [2.24, 2.45) is 5.92 Å². The van der Waals surface area contributed by atoms with Crippen LogP contribution in [0.15, 0.2) is 6.20 Å². The highest BCUT2D eigenvalue weighted by Crippen LogP contribution is 2.30. The molecule has 0 aliphatic carbocycles. The van der Waals surface area contributed by atoms with Gasteiger partial charge in [-0.25, -0.2) is 4.98 Å². The Balaban J connectivity index is 1.58. The third-order valence-corrected chi connectivity index (χ3v) is 4.43. The number of nitrogens with zero attached hydrogens (tertiary/aromatic N) is 2. The van der Waals surface area contributed by atoms with Crippen LogP contribution in [0.1, 0.15) is 31.3 Å². The van der Waals surface area contributed by atoms with Crippen molar-refractivity contribution in [3.05, 3.63) is 17.7 Å². The van der Waals surface area contributed by atoms with Gasteiger partial charge in [0, 0.05) is 38.4 Å². The van der Waals surface area contributed by atoms with E-state index in [1.165, 1.54) is 0 Å². The topological polar surface area (TPSA) is 39.1 Å². The molecule has 3 heterocycles. The summed E-state index contributed by atoms with van der Waals surface area (Å²) in [5, 5.41) is 3.49. The second-order valence-electron chi connectivity index (χ2n) is 5.98. The second kappa shape index (κ2) is 5.61. The lowest BCUT2D eigenvalue weighted by Gasteiger charge is -2.26. The minimum absolute atomic E-state index is 0.217. The molecule has 0 unspecified atom stereocenters. The van der Waals surface area contributed by atoms with Crippen molar-refractivity contribution >= 4 is 0 Å². The van der Waals surface area contributed by atoms with Crippen LogP contribution in [0.25, 0.3) is 0 Å². The van der Waals surface area contributed by atoms with Crippen LogP contribution in [0.3, 0.4) is 0 Å². The van der Waals surface area contributed by atoms with Gasteiger partial charge in [-0.2, -0.15) is 13.2 Å². The summed E-state index contributed by atoms with van der Waals surface area (Å²) in [7, 11) is 0. The van der Waals surface area contributed by atoms with Gasteiger partial charge in [0.25, 0.3) is 0 Å². The van der Waals surface area contributed by atoms with E-state index in [4.69, 9.17) is 4.74 Å². The van der Waals surface area contributed by atoms with Gasteiger partial charge >= 0.3 is 6.18 Å². The van der Waals surface area contributed by atoms with Crippen LogP contribution in [0.4, 0.5) is 13.2 Å². The molecule has 3 rings (SSSR count). The molecule has 0 spiro atoms. The van der Waals surface area contributed by atoms with Crippen LogP contribution in [0, 0.1) is 5.92 Å². The normalized spacial score (nSPS) is 29.6. The van der Waals surface area contributed by atoms with Crippen LogP contribution >= 0.6 is 0 Å². The van der Waals surface area contributed by atoms with Crippen molar-refractivity contribution in [1.29, 1.82) is 0 Å². The minimum atomic E-state index is -4.35. The molecule has 2 aliphatic heterocycles. The van der Waals surface area contributed by atoms with Crippen LogP contribution in [0.2, 0.25) is 0 Å². The quantitative estimate of drug-likeness (QED) is 0.931. The number of hydrogen-bond donors (Lipinski definition) is 1.